The molecule has 0 bridgehead atoms. The van der Waals surface area contributed by atoms with Gasteiger partial charge in [0.2, 0.25) is 5.91 Å². The molecule has 4 rings (SSSR count). The molecule has 7 nitrogen and oxygen atoms in total. The zero-order valence-corrected chi connectivity index (χ0v) is 22.3. The van der Waals surface area contributed by atoms with Crippen LogP contribution in [0.4, 0.5) is 5.13 Å². The molecule has 1 aromatic carbocycles. The second-order valence-electron chi connectivity index (χ2n) is 10.3. The summed E-state index contributed by atoms with van der Waals surface area (Å²) in [6.45, 7) is 6.90. The molecular weight excluding hydrogens is 482 g/mol. The van der Waals surface area contributed by atoms with E-state index in [0.717, 1.165) is 40.9 Å². The van der Waals surface area contributed by atoms with Gasteiger partial charge in [0.05, 0.1) is 17.9 Å². The number of hydrogen-bond donors (Lipinski definition) is 3. The first-order valence-electron chi connectivity index (χ1n) is 12.4. The summed E-state index contributed by atoms with van der Waals surface area (Å²) < 4.78 is 0. The number of anilines is 1. The van der Waals surface area contributed by atoms with Gasteiger partial charge in [0.1, 0.15) is 0 Å². The Balaban J connectivity index is 1.31. The minimum absolute atomic E-state index is 0.118. The first-order valence-corrected chi connectivity index (χ1v) is 13.3. The number of thiazole rings is 1. The quantitative estimate of drug-likeness (QED) is 0.357. The number of hydrogen-bond acceptors (Lipinski definition) is 6. The van der Waals surface area contributed by atoms with Crippen LogP contribution in [0, 0.1) is 11.3 Å². The van der Waals surface area contributed by atoms with E-state index in [0.29, 0.717) is 17.2 Å². The zero-order valence-electron chi connectivity index (χ0n) is 21.5. The number of carbonyl (C=O) groups is 2. The molecule has 1 aliphatic rings. The number of benzene rings is 1. The Labute approximate surface area is 221 Å². The highest BCUT2D eigenvalue weighted by Crippen LogP contribution is 2.30. The predicted octanol–water partition coefficient (Wildman–Crippen LogP) is 5.32. The zero-order chi connectivity index (χ0) is 26.4. The number of nitrogens with one attached hydrogen (secondary N) is 2. The number of allylic oxidation sites excluding steroid dienone is 2. The smallest absolute Gasteiger partial charge is 0.251 e. The summed E-state index contributed by atoms with van der Waals surface area (Å²) in [5.74, 6) is -0.293. The average molecular weight is 516 g/mol. The highest BCUT2D eigenvalue weighted by molar-refractivity contribution is 7.14. The van der Waals surface area contributed by atoms with E-state index in [1.807, 2.05) is 53.9 Å². The van der Waals surface area contributed by atoms with Crippen molar-refractivity contribution in [3.63, 3.8) is 0 Å². The van der Waals surface area contributed by atoms with E-state index in [2.05, 4.69) is 47.4 Å². The van der Waals surface area contributed by atoms with Crippen LogP contribution in [-0.4, -0.2) is 28.3 Å². The van der Waals surface area contributed by atoms with Gasteiger partial charge in [-0.05, 0) is 53.5 Å². The van der Waals surface area contributed by atoms with Crippen LogP contribution in [0.2, 0.25) is 0 Å². The molecule has 3 aromatic rings. The fraction of sp³-hybridized carbons (Fsp3) is 0.310. The van der Waals surface area contributed by atoms with Gasteiger partial charge in [-0.3, -0.25) is 14.6 Å². The third-order valence-corrected chi connectivity index (χ3v) is 6.84. The fourth-order valence-electron chi connectivity index (χ4n) is 4.02. The lowest BCUT2D eigenvalue weighted by Crippen LogP contribution is -2.33. The van der Waals surface area contributed by atoms with E-state index in [9.17, 15) is 9.59 Å². The maximum atomic E-state index is 12.5. The van der Waals surface area contributed by atoms with Gasteiger partial charge in [-0.25, -0.2) is 4.98 Å². The van der Waals surface area contributed by atoms with Crippen LogP contribution in [0.15, 0.2) is 71.8 Å². The molecule has 0 saturated carbocycles. The van der Waals surface area contributed by atoms with Crippen molar-refractivity contribution in [2.24, 2.45) is 17.1 Å². The minimum Gasteiger partial charge on any atom is -0.343 e. The molecule has 37 heavy (non-hydrogen) atoms. The van der Waals surface area contributed by atoms with E-state index in [-0.39, 0.29) is 29.7 Å². The lowest BCUT2D eigenvalue weighted by atomic mass is 9.87. The first kappa shape index (κ1) is 26.4. The van der Waals surface area contributed by atoms with Crippen LogP contribution < -0.4 is 16.4 Å². The molecule has 0 saturated heterocycles. The van der Waals surface area contributed by atoms with E-state index in [4.69, 9.17) is 5.73 Å². The summed E-state index contributed by atoms with van der Waals surface area (Å²) in [6, 6.07) is 12.0. The Hall–Kier alpha value is -3.62. The van der Waals surface area contributed by atoms with E-state index < -0.39 is 0 Å². The largest absolute Gasteiger partial charge is 0.343 e. The molecule has 0 aliphatic heterocycles. The van der Waals surface area contributed by atoms with Crippen LogP contribution in [-0.2, 0) is 16.1 Å². The van der Waals surface area contributed by atoms with Crippen molar-refractivity contribution in [1.29, 1.82) is 0 Å². The summed E-state index contributed by atoms with van der Waals surface area (Å²) in [4.78, 5) is 33.8. The molecule has 2 aromatic heterocycles. The maximum absolute atomic E-state index is 12.5. The molecule has 0 fully saturated rings. The van der Waals surface area contributed by atoms with Gasteiger partial charge in [0.15, 0.2) is 5.13 Å². The third-order valence-electron chi connectivity index (χ3n) is 6.08. The standard InChI is InChI=1S/C29H33N5O2S/c1-29(2,3)11-9-19-7-8-23(13-19)27(36)32-17-26(35)34-28-33-25(18-37-28)22-6-4-5-20(14-22)21-10-12-31-24(15-21)16-30/h4-8,10,12-15,18-19H,9,11,16-17,30H2,1-3H3,(H,32,36)(H,33,34,35). The summed E-state index contributed by atoms with van der Waals surface area (Å²) in [6.07, 6.45) is 9.70. The molecule has 4 N–H and O–H groups in total. The molecule has 8 heteroatoms. The average Bonchev–Trinajstić information content (AvgIpc) is 3.56. The number of nitrogens with zero attached hydrogens (tertiary/aromatic N) is 2. The van der Waals surface area contributed by atoms with Gasteiger partial charge < -0.3 is 16.4 Å². The van der Waals surface area contributed by atoms with Crippen molar-refractivity contribution < 1.29 is 9.59 Å². The van der Waals surface area contributed by atoms with Crippen molar-refractivity contribution in [1.82, 2.24) is 15.3 Å². The Morgan fingerprint density at radius 2 is 1.89 bits per heavy atom. The molecule has 192 valence electrons. The second-order valence-corrected chi connectivity index (χ2v) is 11.2. The number of nitrogens with two attached hydrogens (primary N) is 1. The maximum Gasteiger partial charge on any atom is 0.251 e. The highest BCUT2D eigenvalue weighted by Gasteiger charge is 2.19. The SMILES string of the molecule is CC(C)(C)CCC1C=CC(C(=O)NCC(=O)Nc2nc(-c3cccc(-c4ccnc(CN)c4)c3)cs2)=C1. The lowest BCUT2D eigenvalue weighted by molar-refractivity contribution is -0.121. The molecule has 1 aliphatic carbocycles. The predicted molar refractivity (Wildman–Crippen MR) is 150 cm³/mol. The van der Waals surface area contributed by atoms with Crippen molar-refractivity contribution in [3.8, 4) is 22.4 Å². The van der Waals surface area contributed by atoms with Crippen LogP contribution in [0.1, 0.15) is 39.3 Å². The number of pyridine rings is 1. The summed E-state index contributed by atoms with van der Waals surface area (Å²) in [7, 11) is 0. The van der Waals surface area contributed by atoms with Crippen molar-refractivity contribution in [2.45, 2.75) is 40.2 Å². The van der Waals surface area contributed by atoms with Gasteiger partial charge in [-0.2, -0.15) is 0 Å². The molecular formula is C29H33N5O2S. The third kappa shape index (κ3) is 7.44. The topological polar surface area (TPSA) is 110 Å². The molecule has 1 atom stereocenters. The molecule has 0 radical (unpaired) electrons. The number of rotatable bonds is 9. The molecule has 2 heterocycles. The Morgan fingerprint density at radius 3 is 2.68 bits per heavy atom. The van der Waals surface area contributed by atoms with Crippen LogP contribution in [0.5, 0.6) is 0 Å². The van der Waals surface area contributed by atoms with Crippen molar-refractivity contribution >= 4 is 28.3 Å². The minimum atomic E-state index is -0.319. The highest BCUT2D eigenvalue weighted by atomic mass is 32.1. The second kappa shape index (κ2) is 11.6. The van der Waals surface area contributed by atoms with Gasteiger partial charge in [-0.15, -0.1) is 11.3 Å². The van der Waals surface area contributed by atoms with E-state index in [1.165, 1.54) is 11.3 Å². The Morgan fingerprint density at radius 1 is 1.11 bits per heavy atom. The van der Waals surface area contributed by atoms with Gasteiger partial charge in [0, 0.05) is 29.3 Å². The van der Waals surface area contributed by atoms with E-state index in [1.54, 1.807) is 6.20 Å². The normalized spacial score (nSPS) is 14.9. The van der Waals surface area contributed by atoms with Gasteiger partial charge in [0.25, 0.3) is 5.91 Å². The van der Waals surface area contributed by atoms with Crippen LogP contribution in [0.3, 0.4) is 0 Å². The summed E-state index contributed by atoms with van der Waals surface area (Å²) in [5, 5.41) is 7.86. The van der Waals surface area contributed by atoms with E-state index >= 15 is 0 Å². The number of amides is 2. The summed E-state index contributed by atoms with van der Waals surface area (Å²) in [5.41, 5.74) is 11.2. The summed E-state index contributed by atoms with van der Waals surface area (Å²) >= 11 is 1.34. The fourth-order valence-corrected chi connectivity index (χ4v) is 4.75. The van der Waals surface area contributed by atoms with Crippen LogP contribution in [0.25, 0.3) is 22.4 Å². The number of aromatic nitrogens is 2. The monoisotopic (exact) mass is 515 g/mol. The number of carbonyl (C=O) groups excluding carboxylic acids is 2. The van der Waals surface area contributed by atoms with Crippen molar-refractivity contribution in [2.75, 3.05) is 11.9 Å². The van der Waals surface area contributed by atoms with Gasteiger partial charge in [-0.1, -0.05) is 57.2 Å². The molecule has 2 amide bonds. The lowest BCUT2D eigenvalue weighted by Gasteiger charge is -2.19. The first-order chi connectivity index (χ1) is 17.7. The van der Waals surface area contributed by atoms with Crippen molar-refractivity contribution in [3.05, 3.63) is 77.5 Å². The molecule has 1 unspecified atom stereocenters. The van der Waals surface area contributed by atoms with Crippen LogP contribution >= 0.6 is 11.3 Å². The Kier molecular flexibility index (Phi) is 8.31. The Bertz CT molecular complexity index is 1340. The van der Waals surface area contributed by atoms with Gasteiger partial charge >= 0.3 is 0 Å². The molecule has 0 spiro atoms.